The summed E-state index contributed by atoms with van der Waals surface area (Å²) in [6, 6.07) is -0.913. The van der Waals surface area contributed by atoms with Crippen molar-refractivity contribution in [3.8, 4) is 0 Å². The molecule has 0 heterocycles. The molecule has 0 aliphatic rings. The largest absolute Gasteiger partial charge is 0.352 e. The number of hydrogen-bond donors (Lipinski definition) is 3. The van der Waals surface area contributed by atoms with E-state index in [9.17, 15) is 13.2 Å². The van der Waals surface area contributed by atoms with Crippen molar-refractivity contribution in [3.05, 3.63) is 0 Å². The number of primary amides is 1. The van der Waals surface area contributed by atoms with E-state index in [4.69, 9.17) is 0 Å². The van der Waals surface area contributed by atoms with Crippen molar-refractivity contribution in [2.75, 3.05) is 5.88 Å². The standard InChI is InChI=1S/C2H7N3O3S/c3-2(6)5-1-9(4,7)8/h1H2,(H3,3,5,6)(H2,4,7,8). The Hall–Kier alpha value is -0.820. The van der Waals surface area contributed by atoms with Crippen LogP contribution in [-0.2, 0) is 10.0 Å². The Balaban J connectivity index is 3.67. The number of rotatable bonds is 2. The number of nitrogens with two attached hydrogens (primary N) is 2. The minimum Gasteiger partial charge on any atom is -0.352 e. The van der Waals surface area contributed by atoms with E-state index < -0.39 is 21.9 Å². The molecule has 0 bridgehead atoms. The first-order valence-electron chi connectivity index (χ1n) is 1.95. The van der Waals surface area contributed by atoms with Crippen molar-refractivity contribution < 1.29 is 13.2 Å². The summed E-state index contributed by atoms with van der Waals surface area (Å²) < 4.78 is 20.1. The van der Waals surface area contributed by atoms with Crippen molar-refractivity contribution >= 4 is 16.1 Å². The first-order chi connectivity index (χ1) is 3.92. The molecule has 0 atom stereocenters. The van der Waals surface area contributed by atoms with Crippen LogP contribution < -0.4 is 16.2 Å². The molecule has 0 fully saturated rings. The van der Waals surface area contributed by atoms with Crippen LogP contribution in [0.4, 0.5) is 4.79 Å². The number of carbonyl (C=O) groups is 1. The lowest BCUT2D eigenvalue weighted by molar-refractivity contribution is 0.250. The van der Waals surface area contributed by atoms with E-state index in [2.05, 4.69) is 10.9 Å². The first-order valence-corrected chi connectivity index (χ1v) is 3.67. The zero-order valence-electron chi connectivity index (χ0n) is 4.49. The number of carbonyl (C=O) groups excluding carboxylic acids is 1. The van der Waals surface area contributed by atoms with Crippen LogP contribution in [0.1, 0.15) is 0 Å². The summed E-state index contributed by atoms with van der Waals surface area (Å²) in [6.07, 6.45) is 0. The number of sulfonamides is 1. The third-order valence-corrected chi connectivity index (χ3v) is 0.994. The Morgan fingerprint density at radius 3 is 2.11 bits per heavy atom. The Labute approximate surface area is 52.3 Å². The number of urea groups is 1. The van der Waals surface area contributed by atoms with Gasteiger partial charge in [0.2, 0.25) is 10.0 Å². The summed E-state index contributed by atoms with van der Waals surface area (Å²) in [5, 5.41) is 6.30. The van der Waals surface area contributed by atoms with Gasteiger partial charge in [0.25, 0.3) is 0 Å². The van der Waals surface area contributed by atoms with Crippen LogP contribution in [0.25, 0.3) is 0 Å². The zero-order chi connectivity index (χ0) is 7.49. The van der Waals surface area contributed by atoms with Gasteiger partial charge in [-0.2, -0.15) is 0 Å². The summed E-state index contributed by atoms with van der Waals surface area (Å²) >= 11 is 0. The molecule has 0 rings (SSSR count). The predicted molar refractivity (Wildman–Crippen MR) is 30.7 cm³/mol. The van der Waals surface area contributed by atoms with Crippen molar-refractivity contribution in [2.45, 2.75) is 0 Å². The number of primary sulfonamides is 1. The maximum atomic E-state index is 10.0. The Kier molecular flexibility index (Phi) is 2.41. The van der Waals surface area contributed by atoms with Gasteiger partial charge in [0.05, 0.1) is 0 Å². The second kappa shape index (κ2) is 2.65. The van der Waals surface area contributed by atoms with Crippen molar-refractivity contribution in [1.82, 2.24) is 5.32 Å². The van der Waals surface area contributed by atoms with E-state index in [0.29, 0.717) is 0 Å². The zero-order valence-corrected chi connectivity index (χ0v) is 5.31. The van der Waals surface area contributed by atoms with Gasteiger partial charge < -0.3 is 11.1 Å². The molecule has 0 aromatic rings. The van der Waals surface area contributed by atoms with Gasteiger partial charge >= 0.3 is 6.03 Å². The number of hydrogen-bond acceptors (Lipinski definition) is 3. The van der Waals surface area contributed by atoms with Crippen molar-refractivity contribution in [3.63, 3.8) is 0 Å². The minimum atomic E-state index is -3.63. The lowest BCUT2D eigenvalue weighted by Crippen LogP contribution is -2.36. The molecule has 5 N–H and O–H groups in total. The third-order valence-electron chi connectivity index (χ3n) is 0.448. The molecule has 0 aliphatic heterocycles. The molecule has 7 heteroatoms. The summed E-state index contributed by atoms with van der Waals surface area (Å²) in [5.41, 5.74) is 4.53. The highest BCUT2D eigenvalue weighted by Gasteiger charge is 2.01. The van der Waals surface area contributed by atoms with E-state index >= 15 is 0 Å². The van der Waals surface area contributed by atoms with Gasteiger partial charge in [-0.25, -0.2) is 18.4 Å². The predicted octanol–water partition coefficient (Wildman–Crippen LogP) is -2.10. The third kappa shape index (κ3) is 7.18. The van der Waals surface area contributed by atoms with Crippen LogP contribution in [0.3, 0.4) is 0 Å². The quantitative estimate of drug-likeness (QED) is 0.422. The maximum Gasteiger partial charge on any atom is 0.313 e. The number of nitrogens with one attached hydrogen (secondary N) is 1. The fourth-order valence-corrected chi connectivity index (χ4v) is 0.515. The molecule has 0 aromatic heterocycles. The topological polar surface area (TPSA) is 115 Å². The monoisotopic (exact) mass is 153 g/mol. The van der Waals surface area contributed by atoms with E-state index in [1.165, 1.54) is 0 Å². The summed E-state index contributed by atoms with van der Waals surface area (Å²) in [5.74, 6) is -0.623. The van der Waals surface area contributed by atoms with E-state index in [-0.39, 0.29) is 0 Å². The molecule has 0 aliphatic carbocycles. The molecular weight excluding hydrogens is 146 g/mol. The van der Waals surface area contributed by atoms with E-state index in [1.807, 2.05) is 5.32 Å². The Bertz CT molecular complexity index is 195. The normalized spacial score (nSPS) is 10.8. The Morgan fingerprint density at radius 2 is 2.00 bits per heavy atom. The maximum absolute atomic E-state index is 10.0. The van der Waals surface area contributed by atoms with Crippen LogP contribution in [0, 0.1) is 0 Å². The molecule has 0 saturated carbocycles. The van der Waals surface area contributed by atoms with Gasteiger partial charge in [-0.05, 0) is 0 Å². The van der Waals surface area contributed by atoms with Gasteiger partial charge in [0.1, 0.15) is 5.88 Å². The highest BCUT2D eigenvalue weighted by Crippen LogP contribution is 1.68. The average Bonchev–Trinajstić information content (AvgIpc) is 1.59. The lowest BCUT2D eigenvalue weighted by Gasteiger charge is -1.95. The molecule has 9 heavy (non-hydrogen) atoms. The summed E-state index contributed by atoms with van der Waals surface area (Å²) in [7, 11) is -3.63. The number of amides is 2. The molecule has 54 valence electrons. The van der Waals surface area contributed by atoms with Crippen LogP contribution in [0.2, 0.25) is 0 Å². The molecule has 0 aromatic carbocycles. The average molecular weight is 153 g/mol. The fraction of sp³-hybridized carbons (Fsp3) is 0.500. The van der Waals surface area contributed by atoms with Crippen LogP contribution in [0.15, 0.2) is 0 Å². The van der Waals surface area contributed by atoms with Gasteiger partial charge in [-0.1, -0.05) is 0 Å². The van der Waals surface area contributed by atoms with Crippen LogP contribution in [0.5, 0.6) is 0 Å². The van der Waals surface area contributed by atoms with Crippen LogP contribution in [-0.4, -0.2) is 20.3 Å². The molecule has 0 spiro atoms. The molecule has 0 radical (unpaired) electrons. The van der Waals surface area contributed by atoms with E-state index in [1.54, 1.807) is 0 Å². The van der Waals surface area contributed by atoms with Gasteiger partial charge in [-0.3, -0.25) is 0 Å². The van der Waals surface area contributed by atoms with Crippen LogP contribution >= 0.6 is 0 Å². The molecule has 6 nitrogen and oxygen atoms in total. The minimum absolute atomic E-state index is 0.623. The van der Waals surface area contributed by atoms with Crippen molar-refractivity contribution in [2.24, 2.45) is 10.9 Å². The summed E-state index contributed by atoms with van der Waals surface area (Å²) in [4.78, 5) is 9.84. The fourth-order valence-electron chi connectivity index (χ4n) is 0.172. The van der Waals surface area contributed by atoms with Gasteiger partial charge in [0.15, 0.2) is 0 Å². The van der Waals surface area contributed by atoms with E-state index in [0.717, 1.165) is 0 Å². The van der Waals surface area contributed by atoms with Gasteiger partial charge in [0, 0.05) is 0 Å². The lowest BCUT2D eigenvalue weighted by atomic mass is 11.0. The molecule has 2 amide bonds. The molecular formula is C2H7N3O3S. The summed E-state index contributed by atoms with van der Waals surface area (Å²) in [6.45, 7) is 0. The molecule has 0 saturated heterocycles. The Morgan fingerprint density at radius 1 is 1.56 bits per heavy atom. The second-order valence-corrected chi connectivity index (χ2v) is 2.96. The first kappa shape index (κ1) is 8.18. The van der Waals surface area contributed by atoms with Crippen molar-refractivity contribution in [1.29, 1.82) is 0 Å². The smallest absolute Gasteiger partial charge is 0.313 e. The van der Waals surface area contributed by atoms with Gasteiger partial charge in [-0.15, -0.1) is 0 Å². The second-order valence-electron chi connectivity index (χ2n) is 1.35. The molecule has 0 unspecified atom stereocenters. The SMILES string of the molecule is NC(=O)NCS(N)(=O)=O. The highest BCUT2D eigenvalue weighted by atomic mass is 32.2. The highest BCUT2D eigenvalue weighted by molar-refractivity contribution is 7.89.